The van der Waals surface area contributed by atoms with Crippen LogP contribution in [-0.4, -0.2) is 26.9 Å². The molecule has 1 atom stereocenters. The number of hydrogen-bond donors (Lipinski definition) is 4. The zero-order chi connectivity index (χ0) is 21.6. The van der Waals surface area contributed by atoms with Gasteiger partial charge >= 0.3 is 0 Å². The zero-order valence-electron chi connectivity index (χ0n) is 14.9. The molecular weight excluding hydrogens is 570 g/mol. The Morgan fingerprint density at radius 2 is 1.59 bits per heavy atom. The van der Waals surface area contributed by atoms with E-state index in [9.17, 15) is 9.59 Å². The molecule has 4 N–H and O–H groups in total. The highest BCUT2D eigenvalue weighted by atomic mass is 127. The van der Waals surface area contributed by atoms with Gasteiger partial charge in [0.15, 0.2) is 5.11 Å². The van der Waals surface area contributed by atoms with Crippen molar-refractivity contribution in [3.8, 4) is 0 Å². The number of halogens is 4. The molecule has 6 nitrogen and oxygen atoms in total. The van der Waals surface area contributed by atoms with Crippen molar-refractivity contribution in [1.82, 2.24) is 10.6 Å². The third kappa shape index (κ3) is 8.13. The highest BCUT2D eigenvalue weighted by Gasteiger charge is 2.34. The summed E-state index contributed by atoms with van der Waals surface area (Å²) in [5.41, 5.74) is 1.71. The Kier molecular flexibility index (Phi) is 8.77. The molecule has 11 heteroatoms. The molecule has 0 saturated heterocycles. The van der Waals surface area contributed by atoms with Gasteiger partial charge in [0.2, 0.25) is 9.70 Å². The number of carbonyl (C=O) groups is 2. The summed E-state index contributed by atoms with van der Waals surface area (Å²) in [6.07, 6.45) is -1.09. The minimum Gasteiger partial charge on any atom is -0.339 e. The second-order valence-electron chi connectivity index (χ2n) is 5.82. The van der Waals surface area contributed by atoms with Gasteiger partial charge in [-0.1, -0.05) is 40.9 Å². The van der Waals surface area contributed by atoms with E-state index in [0.717, 1.165) is 3.57 Å². The van der Waals surface area contributed by atoms with Crippen molar-refractivity contribution in [2.24, 2.45) is 0 Å². The molecule has 29 heavy (non-hydrogen) atoms. The van der Waals surface area contributed by atoms with Crippen LogP contribution in [0.2, 0.25) is 0 Å². The monoisotopic (exact) mass is 584 g/mol. The van der Waals surface area contributed by atoms with E-state index < -0.39 is 15.9 Å². The van der Waals surface area contributed by atoms with E-state index in [1.54, 1.807) is 42.5 Å². The average molecular weight is 586 g/mol. The van der Waals surface area contributed by atoms with Crippen LogP contribution in [-0.2, 0) is 4.79 Å². The lowest BCUT2D eigenvalue weighted by Crippen LogP contribution is -2.56. The van der Waals surface area contributed by atoms with Crippen LogP contribution in [0.5, 0.6) is 0 Å². The first kappa shape index (κ1) is 23.9. The number of thiocarbonyl (C=S) groups is 1. The third-order valence-electron chi connectivity index (χ3n) is 3.43. The molecule has 0 unspecified atom stereocenters. The number of alkyl halides is 3. The second kappa shape index (κ2) is 10.6. The number of hydrogen-bond acceptors (Lipinski definition) is 3. The Bertz CT molecular complexity index is 907. The maximum atomic E-state index is 12.5. The van der Waals surface area contributed by atoms with Crippen LogP contribution in [0.1, 0.15) is 17.3 Å². The first-order valence-corrected chi connectivity index (χ1v) is 10.7. The number of rotatable bonds is 5. The van der Waals surface area contributed by atoms with E-state index in [1.165, 1.54) is 6.92 Å². The van der Waals surface area contributed by atoms with Crippen LogP contribution in [0.3, 0.4) is 0 Å². The molecule has 0 fully saturated rings. The molecule has 0 bridgehead atoms. The molecule has 2 aromatic rings. The quantitative estimate of drug-likeness (QED) is 0.178. The van der Waals surface area contributed by atoms with Gasteiger partial charge in [-0.2, -0.15) is 0 Å². The average Bonchev–Trinajstić information content (AvgIpc) is 2.61. The Hall–Kier alpha value is -1.33. The van der Waals surface area contributed by atoms with E-state index in [2.05, 4.69) is 43.9 Å². The first-order valence-electron chi connectivity index (χ1n) is 8.13. The number of carbonyl (C=O) groups excluding carboxylic acids is 2. The summed E-state index contributed by atoms with van der Waals surface area (Å²) in [5.74, 6) is -0.591. The van der Waals surface area contributed by atoms with Crippen LogP contribution in [0, 0.1) is 3.57 Å². The summed E-state index contributed by atoms with van der Waals surface area (Å²) in [5, 5.41) is 11.1. The van der Waals surface area contributed by atoms with Crippen LogP contribution in [0.4, 0.5) is 11.4 Å². The van der Waals surface area contributed by atoms with Crippen molar-refractivity contribution in [3.63, 3.8) is 0 Å². The Morgan fingerprint density at radius 1 is 1.00 bits per heavy atom. The molecule has 2 rings (SSSR count). The van der Waals surface area contributed by atoms with Crippen molar-refractivity contribution in [1.29, 1.82) is 0 Å². The molecule has 0 aliphatic rings. The van der Waals surface area contributed by atoms with Gasteiger partial charge in [0.25, 0.3) is 5.91 Å². The Labute approximate surface area is 202 Å². The lowest BCUT2D eigenvalue weighted by molar-refractivity contribution is -0.114. The van der Waals surface area contributed by atoms with Gasteiger partial charge < -0.3 is 21.3 Å². The number of amides is 2. The molecule has 0 aliphatic carbocycles. The minimum atomic E-state index is -1.86. The molecule has 2 amide bonds. The fraction of sp³-hybridized carbons (Fsp3) is 0.167. The lowest BCUT2D eigenvalue weighted by atomic mass is 10.2. The van der Waals surface area contributed by atoms with Gasteiger partial charge in [-0.15, -0.1) is 0 Å². The molecule has 0 saturated carbocycles. The van der Waals surface area contributed by atoms with Crippen molar-refractivity contribution in [2.45, 2.75) is 16.9 Å². The van der Waals surface area contributed by atoms with Crippen molar-refractivity contribution in [3.05, 3.63) is 57.7 Å². The smallest absolute Gasteiger partial charge is 0.253 e. The number of nitrogens with one attached hydrogen (secondary N) is 4. The Balaban J connectivity index is 2.03. The zero-order valence-corrected chi connectivity index (χ0v) is 20.2. The summed E-state index contributed by atoms with van der Waals surface area (Å²) in [7, 11) is 0. The fourth-order valence-corrected chi connectivity index (χ4v) is 3.29. The summed E-state index contributed by atoms with van der Waals surface area (Å²) in [6.45, 7) is 1.42. The van der Waals surface area contributed by atoms with E-state index in [1.807, 2.05) is 6.07 Å². The molecule has 154 valence electrons. The number of benzene rings is 2. The molecule has 0 heterocycles. The van der Waals surface area contributed by atoms with Gasteiger partial charge in [0.05, 0.1) is 0 Å². The van der Waals surface area contributed by atoms with Crippen LogP contribution < -0.4 is 21.3 Å². The molecule has 2 aromatic carbocycles. The molecule has 0 aromatic heterocycles. The normalized spacial score (nSPS) is 11.9. The highest BCUT2D eigenvalue weighted by Crippen LogP contribution is 2.29. The van der Waals surface area contributed by atoms with Crippen molar-refractivity contribution >= 4 is 97.9 Å². The summed E-state index contributed by atoms with van der Waals surface area (Å²) in [6, 6.07) is 13.8. The van der Waals surface area contributed by atoms with Gasteiger partial charge in [-0.05, 0) is 77.3 Å². The maximum absolute atomic E-state index is 12.5. The fourth-order valence-electron chi connectivity index (χ4n) is 2.18. The van der Waals surface area contributed by atoms with Gasteiger partial charge in [0.1, 0.15) is 6.17 Å². The largest absolute Gasteiger partial charge is 0.339 e. The van der Waals surface area contributed by atoms with E-state index in [-0.39, 0.29) is 11.0 Å². The van der Waals surface area contributed by atoms with Gasteiger partial charge in [-0.25, -0.2) is 0 Å². The third-order valence-corrected chi connectivity index (χ3v) is 4.97. The summed E-state index contributed by atoms with van der Waals surface area (Å²) in [4.78, 5) is 23.6. The summed E-state index contributed by atoms with van der Waals surface area (Å²) >= 11 is 25.4. The van der Waals surface area contributed by atoms with Crippen LogP contribution in [0.15, 0.2) is 48.5 Å². The standard InChI is InChI=1S/C18H16Cl3IN4O2S/c1-10(27)23-13-5-7-14(8-6-13)24-17(29)26-16(18(19,20)21)25-15(28)11-3-2-4-12(22)9-11/h2-9,16H,1H3,(H,23,27)(H,25,28)(H2,24,26,29)/t16-/m1/s1. The lowest BCUT2D eigenvalue weighted by Gasteiger charge is -2.27. The molecule has 0 spiro atoms. The van der Waals surface area contributed by atoms with Crippen LogP contribution in [0.25, 0.3) is 0 Å². The van der Waals surface area contributed by atoms with E-state index >= 15 is 0 Å². The molecule has 0 aliphatic heterocycles. The van der Waals surface area contributed by atoms with Crippen LogP contribution >= 0.6 is 69.6 Å². The predicted molar refractivity (Wildman–Crippen MR) is 131 cm³/mol. The van der Waals surface area contributed by atoms with E-state index in [4.69, 9.17) is 47.0 Å². The number of anilines is 2. The van der Waals surface area contributed by atoms with Gasteiger partial charge in [-0.3, -0.25) is 9.59 Å². The Morgan fingerprint density at radius 3 is 2.10 bits per heavy atom. The molecular formula is C18H16Cl3IN4O2S. The highest BCUT2D eigenvalue weighted by molar-refractivity contribution is 14.1. The summed E-state index contributed by atoms with van der Waals surface area (Å²) < 4.78 is -0.966. The minimum absolute atomic E-state index is 0.136. The topological polar surface area (TPSA) is 82.3 Å². The molecule has 0 radical (unpaired) electrons. The maximum Gasteiger partial charge on any atom is 0.253 e. The van der Waals surface area contributed by atoms with Crippen molar-refractivity contribution < 1.29 is 9.59 Å². The van der Waals surface area contributed by atoms with E-state index in [0.29, 0.717) is 16.9 Å². The SMILES string of the molecule is CC(=O)Nc1ccc(NC(=S)N[C@@H](NC(=O)c2cccc(I)c2)C(Cl)(Cl)Cl)cc1. The van der Waals surface area contributed by atoms with Crippen molar-refractivity contribution in [2.75, 3.05) is 10.6 Å². The second-order valence-corrected chi connectivity index (χ2v) is 9.84. The predicted octanol–water partition coefficient (Wildman–Crippen LogP) is 4.66. The first-order chi connectivity index (χ1) is 13.5. The van der Waals surface area contributed by atoms with Gasteiger partial charge in [0, 0.05) is 27.4 Å².